The zero-order valence-corrected chi connectivity index (χ0v) is 18.3. The summed E-state index contributed by atoms with van der Waals surface area (Å²) in [6.07, 6.45) is 1.85. The summed E-state index contributed by atoms with van der Waals surface area (Å²) in [7, 11) is -2.06. The molecule has 0 saturated heterocycles. The van der Waals surface area contributed by atoms with Gasteiger partial charge in [0.2, 0.25) is 10.0 Å². The van der Waals surface area contributed by atoms with Crippen LogP contribution in [0.15, 0.2) is 42.5 Å². The second kappa shape index (κ2) is 9.28. The fourth-order valence-electron chi connectivity index (χ4n) is 2.46. The number of rotatable bonds is 7. The lowest BCUT2D eigenvalue weighted by atomic mass is 10.1. The van der Waals surface area contributed by atoms with Gasteiger partial charge in [-0.25, -0.2) is 8.42 Å². The number of hydrogen-bond acceptors (Lipinski definition) is 4. The highest BCUT2D eigenvalue weighted by Gasteiger charge is 2.19. The molecule has 2 N–H and O–H groups in total. The van der Waals surface area contributed by atoms with E-state index in [0.29, 0.717) is 16.9 Å². The van der Waals surface area contributed by atoms with Crippen LogP contribution in [0.1, 0.15) is 41.0 Å². The van der Waals surface area contributed by atoms with E-state index in [1.165, 1.54) is 25.2 Å². The summed E-state index contributed by atoms with van der Waals surface area (Å²) in [4.78, 5) is 25.2. The molecule has 1 atom stereocenters. The van der Waals surface area contributed by atoms with Gasteiger partial charge in [0.25, 0.3) is 11.8 Å². The highest BCUT2D eigenvalue weighted by molar-refractivity contribution is 7.92. The minimum atomic E-state index is -3.45. The van der Waals surface area contributed by atoms with Gasteiger partial charge in [0.05, 0.1) is 33.8 Å². The number of anilines is 2. The fourth-order valence-corrected chi connectivity index (χ4v) is 3.22. The largest absolute Gasteiger partial charge is 0.350 e. The van der Waals surface area contributed by atoms with Gasteiger partial charge in [0.1, 0.15) is 0 Å². The van der Waals surface area contributed by atoms with Crippen molar-refractivity contribution in [3.8, 4) is 0 Å². The van der Waals surface area contributed by atoms with Crippen molar-refractivity contribution in [2.75, 3.05) is 22.9 Å². The molecule has 0 bridgehead atoms. The van der Waals surface area contributed by atoms with E-state index in [1.54, 1.807) is 24.3 Å². The molecule has 0 aromatic heterocycles. The molecule has 0 aliphatic rings. The van der Waals surface area contributed by atoms with E-state index >= 15 is 0 Å². The second-order valence-electron chi connectivity index (χ2n) is 6.68. The average Bonchev–Trinajstić information content (AvgIpc) is 2.66. The van der Waals surface area contributed by atoms with Crippen LogP contribution in [0.2, 0.25) is 5.02 Å². The Bertz CT molecular complexity index is 1020. The molecule has 0 aliphatic heterocycles. The molecular formula is C20H24ClN3O4S. The van der Waals surface area contributed by atoms with Gasteiger partial charge in [0.15, 0.2) is 0 Å². The molecule has 0 heterocycles. The maximum Gasteiger partial charge on any atom is 0.257 e. The lowest BCUT2D eigenvalue weighted by Crippen LogP contribution is -2.32. The predicted octanol–water partition coefficient (Wildman–Crippen LogP) is 3.52. The van der Waals surface area contributed by atoms with Crippen molar-refractivity contribution in [2.24, 2.45) is 0 Å². The summed E-state index contributed by atoms with van der Waals surface area (Å²) in [5.41, 5.74) is 1.19. The molecule has 0 radical (unpaired) electrons. The number of nitrogens with zero attached hydrogens (tertiary/aromatic N) is 1. The summed E-state index contributed by atoms with van der Waals surface area (Å²) in [5, 5.41) is 5.66. The molecule has 156 valence electrons. The van der Waals surface area contributed by atoms with Crippen LogP contribution in [0, 0.1) is 0 Å². The van der Waals surface area contributed by atoms with Crippen molar-refractivity contribution < 1.29 is 18.0 Å². The van der Waals surface area contributed by atoms with E-state index in [4.69, 9.17) is 11.6 Å². The standard InChI is InChI=1S/C20H24ClN3O4S/c1-5-13(2)22-20(26)16-8-6-7-9-18(16)23-19(25)15-11-10-14(12-17(15)21)24(3)29(4,27)28/h6-13H,5H2,1-4H3,(H,22,26)(H,23,25)/t13-/m0/s1. The van der Waals surface area contributed by atoms with Crippen LogP contribution in [-0.2, 0) is 10.0 Å². The monoisotopic (exact) mass is 437 g/mol. The average molecular weight is 438 g/mol. The minimum Gasteiger partial charge on any atom is -0.350 e. The van der Waals surface area contributed by atoms with Crippen LogP contribution in [-0.4, -0.2) is 39.6 Å². The Balaban J connectivity index is 2.26. The van der Waals surface area contributed by atoms with Crippen molar-refractivity contribution in [1.82, 2.24) is 5.32 Å². The Morgan fingerprint density at radius 3 is 2.34 bits per heavy atom. The SMILES string of the molecule is CC[C@H](C)NC(=O)c1ccccc1NC(=O)c1ccc(N(C)S(C)(=O)=O)cc1Cl. The first kappa shape index (κ1) is 22.7. The van der Waals surface area contributed by atoms with E-state index in [0.717, 1.165) is 17.0 Å². The van der Waals surface area contributed by atoms with Crippen molar-refractivity contribution in [1.29, 1.82) is 0 Å². The Morgan fingerprint density at radius 1 is 1.10 bits per heavy atom. The number of sulfonamides is 1. The molecule has 9 heteroatoms. The van der Waals surface area contributed by atoms with Crippen LogP contribution in [0.3, 0.4) is 0 Å². The third kappa shape index (κ3) is 5.71. The number of amides is 2. The van der Waals surface area contributed by atoms with E-state index in [2.05, 4.69) is 10.6 Å². The van der Waals surface area contributed by atoms with Gasteiger partial charge in [0, 0.05) is 13.1 Å². The van der Waals surface area contributed by atoms with E-state index < -0.39 is 15.9 Å². The summed E-state index contributed by atoms with van der Waals surface area (Å²) >= 11 is 6.21. The number of para-hydroxylation sites is 1. The van der Waals surface area contributed by atoms with Crippen LogP contribution in [0.25, 0.3) is 0 Å². The lowest BCUT2D eigenvalue weighted by Gasteiger charge is -2.18. The maximum atomic E-state index is 12.7. The Hall–Kier alpha value is -2.58. The van der Waals surface area contributed by atoms with Crippen molar-refractivity contribution in [3.05, 3.63) is 58.6 Å². The molecule has 2 amide bonds. The van der Waals surface area contributed by atoms with Crippen LogP contribution < -0.4 is 14.9 Å². The number of nitrogens with one attached hydrogen (secondary N) is 2. The van der Waals surface area contributed by atoms with Crippen LogP contribution in [0.4, 0.5) is 11.4 Å². The molecule has 0 fully saturated rings. The van der Waals surface area contributed by atoms with Gasteiger partial charge in [-0.1, -0.05) is 30.7 Å². The smallest absolute Gasteiger partial charge is 0.257 e. The molecule has 0 spiro atoms. The number of benzene rings is 2. The van der Waals surface area contributed by atoms with Crippen molar-refractivity contribution >= 4 is 44.8 Å². The topological polar surface area (TPSA) is 95.6 Å². The Morgan fingerprint density at radius 2 is 1.76 bits per heavy atom. The van der Waals surface area contributed by atoms with Gasteiger partial charge >= 0.3 is 0 Å². The first-order valence-corrected chi connectivity index (χ1v) is 11.2. The third-order valence-electron chi connectivity index (χ3n) is 4.47. The molecule has 29 heavy (non-hydrogen) atoms. The van der Waals surface area contributed by atoms with E-state index in [1.807, 2.05) is 13.8 Å². The zero-order chi connectivity index (χ0) is 21.8. The number of carbonyl (C=O) groups excluding carboxylic acids is 2. The molecule has 0 unspecified atom stereocenters. The second-order valence-corrected chi connectivity index (χ2v) is 9.10. The zero-order valence-electron chi connectivity index (χ0n) is 16.7. The molecule has 7 nitrogen and oxygen atoms in total. The third-order valence-corrected chi connectivity index (χ3v) is 5.99. The fraction of sp³-hybridized carbons (Fsp3) is 0.300. The molecule has 0 saturated carbocycles. The first-order chi connectivity index (χ1) is 13.5. The van der Waals surface area contributed by atoms with E-state index in [-0.39, 0.29) is 22.5 Å². The van der Waals surface area contributed by atoms with Gasteiger partial charge in [-0.3, -0.25) is 13.9 Å². The summed E-state index contributed by atoms with van der Waals surface area (Å²) < 4.78 is 24.4. The number of carbonyl (C=O) groups is 2. The highest BCUT2D eigenvalue weighted by Crippen LogP contribution is 2.26. The van der Waals surface area contributed by atoms with Gasteiger partial charge in [-0.05, 0) is 43.7 Å². The normalized spacial score (nSPS) is 12.2. The van der Waals surface area contributed by atoms with Crippen molar-refractivity contribution in [2.45, 2.75) is 26.3 Å². The molecule has 2 aromatic rings. The van der Waals surface area contributed by atoms with Gasteiger partial charge in [-0.2, -0.15) is 0 Å². The van der Waals surface area contributed by atoms with Gasteiger partial charge < -0.3 is 10.6 Å². The van der Waals surface area contributed by atoms with E-state index in [9.17, 15) is 18.0 Å². The lowest BCUT2D eigenvalue weighted by molar-refractivity contribution is 0.0940. The van der Waals surface area contributed by atoms with Crippen molar-refractivity contribution in [3.63, 3.8) is 0 Å². The summed E-state index contributed by atoms with van der Waals surface area (Å²) in [6, 6.07) is 11.0. The molecular weight excluding hydrogens is 414 g/mol. The molecule has 0 aliphatic carbocycles. The predicted molar refractivity (Wildman–Crippen MR) is 116 cm³/mol. The Labute approximate surface area is 176 Å². The first-order valence-electron chi connectivity index (χ1n) is 8.99. The minimum absolute atomic E-state index is 0.0000746. The maximum absolute atomic E-state index is 12.7. The summed E-state index contributed by atoms with van der Waals surface area (Å²) in [6.45, 7) is 3.86. The van der Waals surface area contributed by atoms with Crippen LogP contribution in [0.5, 0.6) is 0 Å². The Kier molecular flexibility index (Phi) is 7.26. The van der Waals surface area contributed by atoms with Gasteiger partial charge in [-0.15, -0.1) is 0 Å². The highest BCUT2D eigenvalue weighted by atomic mass is 35.5. The molecule has 2 aromatic carbocycles. The quantitative estimate of drug-likeness (QED) is 0.692. The number of hydrogen-bond donors (Lipinski definition) is 2. The molecule has 2 rings (SSSR count). The summed E-state index contributed by atoms with van der Waals surface area (Å²) in [5.74, 6) is -0.793. The number of halogens is 1. The van der Waals surface area contributed by atoms with Crippen LogP contribution >= 0.6 is 11.6 Å².